The summed E-state index contributed by atoms with van der Waals surface area (Å²) in [6, 6.07) is 11.6. The summed E-state index contributed by atoms with van der Waals surface area (Å²) in [6.45, 7) is 0. The molecule has 2 N–H and O–H groups in total. The molecule has 0 saturated heterocycles. The summed E-state index contributed by atoms with van der Waals surface area (Å²) >= 11 is 0. The van der Waals surface area contributed by atoms with Crippen LogP contribution in [-0.4, -0.2) is 24.9 Å². The molecule has 0 saturated carbocycles. The molecule has 0 atom stereocenters. The maximum Gasteiger partial charge on any atom is 0.337 e. The highest BCUT2D eigenvalue weighted by Crippen LogP contribution is 2.25. The van der Waals surface area contributed by atoms with Crippen LogP contribution in [0.1, 0.15) is 32.7 Å². The van der Waals surface area contributed by atoms with Crippen molar-refractivity contribution in [3.63, 3.8) is 0 Å². The smallest absolute Gasteiger partial charge is 0.337 e. The van der Waals surface area contributed by atoms with Gasteiger partial charge in [-0.05, 0) is 54.4 Å². The lowest BCUT2D eigenvalue weighted by molar-refractivity contribution is -0.116. The maximum atomic E-state index is 12.3. The molecule has 1 aliphatic rings. The highest BCUT2D eigenvalue weighted by atomic mass is 16.5. The van der Waals surface area contributed by atoms with Crippen LogP contribution in [0.15, 0.2) is 42.5 Å². The molecule has 0 radical (unpaired) electrons. The number of carbonyl (C=O) groups excluding carboxylic acids is 3. The molecule has 0 bridgehead atoms. The summed E-state index contributed by atoms with van der Waals surface area (Å²) in [4.78, 5) is 35.0. The zero-order valence-corrected chi connectivity index (χ0v) is 13.1. The number of benzene rings is 2. The van der Waals surface area contributed by atoms with E-state index in [0.717, 1.165) is 11.3 Å². The molecule has 2 aromatic rings. The second kappa shape index (κ2) is 6.54. The summed E-state index contributed by atoms with van der Waals surface area (Å²) in [6.07, 6.45) is 1.10. The molecular weight excluding hydrogens is 308 g/mol. The fourth-order valence-corrected chi connectivity index (χ4v) is 2.54. The van der Waals surface area contributed by atoms with Gasteiger partial charge in [0, 0.05) is 23.4 Å². The summed E-state index contributed by atoms with van der Waals surface area (Å²) in [5, 5.41) is 5.61. The van der Waals surface area contributed by atoms with E-state index < -0.39 is 5.97 Å². The van der Waals surface area contributed by atoms with Crippen molar-refractivity contribution >= 4 is 29.2 Å². The number of esters is 1. The minimum atomic E-state index is -0.446. The predicted octanol–water partition coefficient (Wildman–Crippen LogP) is 2.61. The summed E-state index contributed by atoms with van der Waals surface area (Å²) in [5.74, 6) is -0.713. The normalized spacial score (nSPS) is 12.8. The lowest BCUT2D eigenvalue weighted by Gasteiger charge is -2.17. The first kappa shape index (κ1) is 15.7. The third-order valence-electron chi connectivity index (χ3n) is 3.83. The van der Waals surface area contributed by atoms with Gasteiger partial charge in [-0.25, -0.2) is 4.79 Å². The van der Waals surface area contributed by atoms with E-state index in [1.165, 1.54) is 7.11 Å². The number of hydrogen-bond acceptors (Lipinski definition) is 4. The van der Waals surface area contributed by atoms with Crippen LogP contribution in [0.3, 0.4) is 0 Å². The summed E-state index contributed by atoms with van der Waals surface area (Å²) < 4.78 is 4.62. The van der Waals surface area contributed by atoms with Gasteiger partial charge in [-0.3, -0.25) is 9.59 Å². The Labute approximate surface area is 138 Å². The van der Waals surface area contributed by atoms with Gasteiger partial charge in [-0.2, -0.15) is 0 Å². The van der Waals surface area contributed by atoms with Gasteiger partial charge in [0.2, 0.25) is 5.91 Å². The van der Waals surface area contributed by atoms with Crippen LogP contribution >= 0.6 is 0 Å². The molecule has 24 heavy (non-hydrogen) atoms. The molecule has 6 nitrogen and oxygen atoms in total. The van der Waals surface area contributed by atoms with Crippen LogP contribution in [0.2, 0.25) is 0 Å². The van der Waals surface area contributed by atoms with Crippen LogP contribution < -0.4 is 10.6 Å². The molecule has 2 aromatic carbocycles. The summed E-state index contributed by atoms with van der Waals surface area (Å²) in [5.41, 5.74) is 3.26. The van der Waals surface area contributed by atoms with Gasteiger partial charge < -0.3 is 15.4 Å². The SMILES string of the molecule is COC(=O)c1ccc(C(=O)Nc2ccc3c(c2)CCC(=O)N3)cc1. The quantitative estimate of drug-likeness (QED) is 0.850. The molecule has 0 fully saturated rings. The van der Waals surface area contributed by atoms with Crippen molar-refractivity contribution in [3.05, 3.63) is 59.2 Å². The second-order valence-corrected chi connectivity index (χ2v) is 5.44. The highest BCUT2D eigenvalue weighted by Gasteiger charge is 2.15. The maximum absolute atomic E-state index is 12.3. The number of rotatable bonds is 3. The number of nitrogens with one attached hydrogen (secondary N) is 2. The molecule has 0 aliphatic carbocycles. The van der Waals surface area contributed by atoms with Crippen molar-refractivity contribution in [2.75, 3.05) is 17.7 Å². The van der Waals surface area contributed by atoms with Gasteiger partial charge in [-0.1, -0.05) is 0 Å². The number of aryl methyl sites for hydroxylation is 1. The molecule has 122 valence electrons. The number of methoxy groups -OCH3 is 1. The van der Waals surface area contributed by atoms with Gasteiger partial charge in [0.1, 0.15) is 0 Å². The average Bonchev–Trinajstić information content (AvgIpc) is 2.61. The fourth-order valence-electron chi connectivity index (χ4n) is 2.54. The number of amides is 2. The van der Waals surface area contributed by atoms with E-state index in [0.29, 0.717) is 29.7 Å². The van der Waals surface area contributed by atoms with E-state index >= 15 is 0 Å². The summed E-state index contributed by atoms with van der Waals surface area (Å²) in [7, 11) is 1.31. The third kappa shape index (κ3) is 3.27. The molecule has 0 spiro atoms. The highest BCUT2D eigenvalue weighted by molar-refractivity contribution is 6.05. The van der Waals surface area contributed by atoms with Gasteiger partial charge in [0.25, 0.3) is 5.91 Å². The van der Waals surface area contributed by atoms with E-state index in [1.807, 2.05) is 6.07 Å². The van der Waals surface area contributed by atoms with Crippen LogP contribution in [0.5, 0.6) is 0 Å². The third-order valence-corrected chi connectivity index (χ3v) is 3.83. The number of ether oxygens (including phenoxy) is 1. The first-order valence-electron chi connectivity index (χ1n) is 7.49. The van der Waals surface area contributed by atoms with E-state index in [2.05, 4.69) is 15.4 Å². The Bertz CT molecular complexity index is 812. The predicted molar refractivity (Wildman–Crippen MR) is 89.1 cm³/mol. The molecule has 3 rings (SSSR count). The molecule has 1 aliphatic heterocycles. The number of carbonyl (C=O) groups is 3. The molecular formula is C18H16N2O4. The molecule has 1 heterocycles. The van der Waals surface area contributed by atoms with Crippen LogP contribution in [0.25, 0.3) is 0 Å². The molecule has 0 unspecified atom stereocenters. The van der Waals surface area contributed by atoms with Crippen LogP contribution in [-0.2, 0) is 16.0 Å². The van der Waals surface area contributed by atoms with Gasteiger partial charge in [0.05, 0.1) is 12.7 Å². The van der Waals surface area contributed by atoms with Crippen LogP contribution in [0, 0.1) is 0 Å². The van der Waals surface area contributed by atoms with E-state index in [-0.39, 0.29) is 11.8 Å². The minimum Gasteiger partial charge on any atom is -0.465 e. The molecule has 6 heteroatoms. The Morgan fingerprint density at radius 3 is 2.46 bits per heavy atom. The Kier molecular flexibility index (Phi) is 4.29. The van der Waals surface area contributed by atoms with E-state index in [1.54, 1.807) is 36.4 Å². The van der Waals surface area contributed by atoms with E-state index in [9.17, 15) is 14.4 Å². The minimum absolute atomic E-state index is 0.00461. The average molecular weight is 324 g/mol. The zero-order chi connectivity index (χ0) is 17.1. The van der Waals surface area contributed by atoms with Crippen LogP contribution in [0.4, 0.5) is 11.4 Å². The van der Waals surface area contributed by atoms with Crippen molar-refractivity contribution in [2.45, 2.75) is 12.8 Å². The Hall–Kier alpha value is -3.15. The molecule has 0 aromatic heterocycles. The van der Waals surface area contributed by atoms with Gasteiger partial charge >= 0.3 is 5.97 Å². The molecule has 2 amide bonds. The van der Waals surface area contributed by atoms with E-state index in [4.69, 9.17) is 0 Å². The Morgan fingerprint density at radius 2 is 1.75 bits per heavy atom. The van der Waals surface area contributed by atoms with Gasteiger partial charge in [0.15, 0.2) is 0 Å². The zero-order valence-electron chi connectivity index (χ0n) is 13.1. The first-order chi connectivity index (χ1) is 11.6. The standard InChI is InChI=1S/C18H16N2O4/c1-24-18(23)12-4-2-11(3-5-12)17(22)19-14-7-8-15-13(10-14)6-9-16(21)20-15/h2-5,7-8,10H,6,9H2,1H3,(H,19,22)(H,20,21). The number of anilines is 2. The fraction of sp³-hybridized carbons (Fsp3) is 0.167. The second-order valence-electron chi connectivity index (χ2n) is 5.44. The lowest BCUT2D eigenvalue weighted by Crippen LogP contribution is -2.19. The van der Waals surface area contributed by atoms with Crippen molar-refractivity contribution < 1.29 is 19.1 Å². The lowest BCUT2D eigenvalue weighted by atomic mass is 10.0. The Morgan fingerprint density at radius 1 is 1.04 bits per heavy atom. The number of hydrogen-bond donors (Lipinski definition) is 2. The largest absolute Gasteiger partial charge is 0.465 e. The topological polar surface area (TPSA) is 84.5 Å². The van der Waals surface area contributed by atoms with Crippen molar-refractivity contribution in [2.24, 2.45) is 0 Å². The monoisotopic (exact) mass is 324 g/mol. The first-order valence-corrected chi connectivity index (χ1v) is 7.49. The Balaban J connectivity index is 1.73. The van der Waals surface area contributed by atoms with Crippen molar-refractivity contribution in [1.82, 2.24) is 0 Å². The van der Waals surface area contributed by atoms with Gasteiger partial charge in [-0.15, -0.1) is 0 Å². The van der Waals surface area contributed by atoms with Crippen molar-refractivity contribution in [1.29, 1.82) is 0 Å². The number of fused-ring (bicyclic) bond motifs is 1. The van der Waals surface area contributed by atoms with Crippen molar-refractivity contribution in [3.8, 4) is 0 Å².